The second-order valence-corrected chi connectivity index (χ2v) is 7.96. The molecule has 0 aliphatic rings. The molecule has 0 bridgehead atoms. The lowest BCUT2D eigenvalue weighted by Gasteiger charge is -2.15. The Bertz CT molecular complexity index is 807. The smallest absolute Gasteiger partial charge is 0.411 e. The quantitative estimate of drug-likeness (QED) is 0.189. The molecule has 1 amide bonds. The van der Waals surface area contributed by atoms with Gasteiger partial charge in [0.05, 0.1) is 18.4 Å². The minimum Gasteiger partial charge on any atom is -0.506 e. The van der Waals surface area contributed by atoms with Crippen LogP contribution in [0.4, 0.5) is 10.5 Å². The zero-order valence-electron chi connectivity index (χ0n) is 20.0. The summed E-state index contributed by atoms with van der Waals surface area (Å²) in [7, 11) is 0. The van der Waals surface area contributed by atoms with Gasteiger partial charge in [-0.1, -0.05) is 49.2 Å². The number of amides is 1. The zero-order valence-corrected chi connectivity index (χ0v) is 20.8. The van der Waals surface area contributed by atoms with Gasteiger partial charge >= 0.3 is 6.09 Å². The van der Waals surface area contributed by atoms with Gasteiger partial charge in [0.1, 0.15) is 5.75 Å². The van der Waals surface area contributed by atoms with Crippen molar-refractivity contribution in [3.63, 3.8) is 0 Å². The van der Waals surface area contributed by atoms with Crippen LogP contribution in [0.1, 0.15) is 56.3 Å². The summed E-state index contributed by atoms with van der Waals surface area (Å²) in [6, 6.07) is 15.1. The van der Waals surface area contributed by atoms with Gasteiger partial charge < -0.3 is 25.0 Å². The summed E-state index contributed by atoms with van der Waals surface area (Å²) in [4.78, 5) is 11.6. The average Bonchev–Trinajstić information content (AvgIpc) is 2.82. The number of carbonyl (C=O) groups is 1. The maximum atomic E-state index is 11.6. The Morgan fingerprint density at radius 2 is 1.74 bits per heavy atom. The molecule has 190 valence electrons. The first-order chi connectivity index (χ1) is 16.1. The third-order valence-corrected chi connectivity index (χ3v) is 5.24. The van der Waals surface area contributed by atoms with E-state index in [1.807, 2.05) is 6.07 Å². The topological polar surface area (TPSA) is 100 Å². The highest BCUT2D eigenvalue weighted by molar-refractivity contribution is 5.86. The number of anilines is 1. The monoisotopic (exact) mass is 494 g/mol. The van der Waals surface area contributed by atoms with Crippen LogP contribution >= 0.6 is 12.4 Å². The molecule has 34 heavy (non-hydrogen) atoms. The number of phenolic OH excluding ortho intramolecular Hbond substituents is 1. The fraction of sp³-hybridized carbons (Fsp3) is 0.500. The molecule has 2 aromatic rings. The van der Waals surface area contributed by atoms with E-state index in [-0.39, 0.29) is 30.5 Å². The Morgan fingerprint density at radius 3 is 2.50 bits per heavy atom. The van der Waals surface area contributed by atoms with Crippen LogP contribution in [0.25, 0.3) is 0 Å². The minimum absolute atomic E-state index is 0. The van der Waals surface area contributed by atoms with Crippen molar-refractivity contribution in [1.29, 1.82) is 0 Å². The number of nitrogens with one attached hydrogen (secondary N) is 2. The lowest BCUT2D eigenvalue weighted by molar-refractivity contribution is 0.127. The van der Waals surface area contributed by atoms with Gasteiger partial charge in [-0.05, 0) is 62.4 Å². The second-order valence-electron chi connectivity index (χ2n) is 7.96. The van der Waals surface area contributed by atoms with E-state index in [9.17, 15) is 15.0 Å². The van der Waals surface area contributed by atoms with Crippen molar-refractivity contribution in [3.8, 4) is 5.75 Å². The fourth-order valence-corrected chi connectivity index (χ4v) is 3.43. The van der Waals surface area contributed by atoms with Gasteiger partial charge in [0.2, 0.25) is 0 Å². The minimum atomic E-state index is -0.738. The van der Waals surface area contributed by atoms with Crippen molar-refractivity contribution in [2.24, 2.45) is 0 Å². The highest BCUT2D eigenvalue weighted by Gasteiger charge is 2.12. The van der Waals surface area contributed by atoms with Gasteiger partial charge in [0.15, 0.2) is 0 Å². The highest BCUT2D eigenvalue weighted by Crippen LogP contribution is 2.27. The number of aliphatic hydroxyl groups excluding tert-OH is 1. The first kappa shape index (κ1) is 29.7. The van der Waals surface area contributed by atoms with Crippen molar-refractivity contribution < 1.29 is 24.5 Å². The maximum absolute atomic E-state index is 11.6. The molecule has 2 aromatic carbocycles. The normalized spacial score (nSPS) is 11.5. The van der Waals surface area contributed by atoms with E-state index >= 15 is 0 Å². The molecule has 0 spiro atoms. The maximum Gasteiger partial charge on any atom is 0.411 e. The Balaban J connectivity index is 0.00000578. The predicted molar refractivity (Wildman–Crippen MR) is 138 cm³/mol. The third-order valence-electron chi connectivity index (χ3n) is 5.24. The average molecular weight is 495 g/mol. The summed E-state index contributed by atoms with van der Waals surface area (Å²) in [6.07, 6.45) is 5.08. The Labute approximate surface area is 209 Å². The van der Waals surface area contributed by atoms with Crippen LogP contribution in [0.3, 0.4) is 0 Å². The van der Waals surface area contributed by atoms with E-state index in [1.165, 1.54) is 11.6 Å². The van der Waals surface area contributed by atoms with Crippen LogP contribution in [-0.2, 0) is 15.9 Å². The van der Waals surface area contributed by atoms with Crippen molar-refractivity contribution in [2.45, 2.75) is 51.6 Å². The van der Waals surface area contributed by atoms with Crippen LogP contribution in [-0.4, -0.2) is 49.2 Å². The van der Waals surface area contributed by atoms with Crippen LogP contribution in [0.2, 0.25) is 0 Å². The number of halogens is 1. The molecular weight excluding hydrogens is 456 g/mol. The number of aryl methyl sites for hydroxylation is 1. The van der Waals surface area contributed by atoms with E-state index in [0.717, 1.165) is 58.3 Å². The summed E-state index contributed by atoms with van der Waals surface area (Å²) in [5, 5.41) is 26.0. The van der Waals surface area contributed by atoms with Crippen LogP contribution in [0.15, 0.2) is 48.5 Å². The van der Waals surface area contributed by atoms with Crippen LogP contribution in [0, 0.1) is 0 Å². The zero-order chi connectivity index (χ0) is 23.7. The first-order valence-electron chi connectivity index (χ1n) is 11.9. The number of rotatable bonds is 16. The van der Waals surface area contributed by atoms with E-state index in [0.29, 0.717) is 12.1 Å². The molecule has 8 heteroatoms. The largest absolute Gasteiger partial charge is 0.506 e. The van der Waals surface area contributed by atoms with E-state index < -0.39 is 12.2 Å². The Kier molecular flexibility index (Phi) is 15.8. The van der Waals surface area contributed by atoms with Gasteiger partial charge in [0, 0.05) is 19.8 Å². The summed E-state index contributed by atoms with van der Waals surface area (Å²) >= 11 is 0. The van der Waals surface area contributed by atoms with Gasteiger partial charge in [-0.15, -0.1) is 12.4 Å². The molecule has 2 rings (SSSR count). The number of aliphatic hydroxyl groups is 1. The number of carbonyl (C=O) groups excluding carboxylic acids is 1. The van der Waals surface area contributed by atoms with Crippen molar-refractivity contribution in [1.82, 2.24) is 5.32 Å². The number of hydrogen-bond acceptors (Lipinski definition) is 6. The number of hydrogen-bond donors (Lipinski definition) is 4. The van der Waals surface area contributed by atoms with E-state index in [4.69, 9.17) is 9.47 Å². The molecule has 1 unspecified atom stereocenters. The number of aromatic hydroxyl groups is 1. The summed E-state index contributed by atoms with van der Waals surface area (Å²) in [5.74, 6) is -0.0767. The highest BCUT2D eigenvalue weighted by atomic mass is 35.5. The summed E-state index contributed by atoms with van der Waals surface area (Å²) in [6.45, 7) is 4.77. The van der Waals surface area contributed by atoms with Crippen molar-refractivity contribution >= 4 is 24.2 Å². The Hall–Kier alpha value is -2.32. The lowest BCUT2D eigenvalue weighted by Crippen LogP contribution is -2.22. The van der Waals surface area contributed by atoms with Gasteiger partial charge in [-0.2, -0.15) is 0 Å². The summed E-state index contributed by atoms with van der Waals surface area (Å²) < 4.78 is 10.5. The first-order valence-corrected chi connectivity index (χ1v) is 11.9. The molecule has 0 saturated carbocycles. The van der Waals surface area contributed by atoms with Gasteiger partial charge in [-0.25, -0.2) is 4.79 Å². The predicted octanol–water partition coefficient (Wildman–Crippen LogP) is 5.22. The molecule has 0 saturated heterocycles. The molecular formula is C26H39ClN2O5. The lowest BCUT2D eigenvalue weighted by atomic mass is 10.1. The van der Waals surface area contributed by atoms with Crippen LogP contribution < -0.4 is 10.6 Å². The van der Waals surface area contributed by atoms with Crippen molar-refractivity contribution in [2.75, 3.05) is 38.2 Å². The standard InChI is InChI=1S/C26H38N2O5.ClH/c1-2-33-26(31)28-23-19-22(14-15-24(23)29)25(30)20-27-16-8-3-4-9-17-32-18-10-13-21-11-6-5-7-12-21;/h5-7,11-12,14-15,19,25,27,29-30H,2-4,8-10,13,16-18,20H2,1H3,(H,28,31);1H. The molecule has 7 nitrogen and oxygen atoms in total. The molecule has 1 atom stereocenters. The molecule has 0 radical (unpaired) electrons. The van der Waals surface area contributed by atoms with Gasteiger partial charge in [0.25, 0.3) is 0 Å². The molecule has 4 N–H and O–H groups in total. The number of ether oxygens (including phenoxy) is 2. The van der Waals surface area contributed by atoms with Crippen LogP contribution in [0.5, 0.6) is 5.75 Å². The molecule has 0 fully saturated rings. The molecule has 0 heterocycles. The van der Waals surface area contributed by atoms with E-state index in [2.05, 4.69) is 34.9 Å². The van der Waals surface area contributed by atoms with Gasteiger partial charge in [-0.3, -0.25) is 5.32 Å². The molecule has 0 aliphatic heterocycles. The third kappa shape index (κ3) is 12.2. The molecule has 0 aliphatic carbocycles. The summed E-state index contributed by atoms with van der Waals surface area (Å²) in [5.41, 5.74) is 2.18. The van der Waals surface area contributed by atoms with E-state index in [1.54, 1.807) is 19.1 Å². The molecule has 0 aromatic heterocycles. The number of phenols is 1. The SMILES string of the molecule is CCOC(=O)Nc1cc(C(O)CNCCCCCCOCCCc2ccccc2)ccc1O.Cl. The Morgan fingerprint density at radius 1 is 1.00 bits per heavy atom. The number of benzene rings is 2. The van der Waals surface area contributed by atoms with Crippen molar-refractivity contribution in [3.05, 3.63) is 59.7 Å². The second kappa shape index (κ2) is 18.1. The number of unbranched alkanes of at least 4 members (excludes halogenated alkanes) is 3. The fourth-order valence-electron chi connectivity index (χ4n) is 3.43.